The minimum absolute atomic E-state index is 0.0335. The Bertz CT molecular complexity index is 1150. The molecule has 8 nitrogen and oxygen atoms in total. The molecule has 2 N–H and O–H groups in total. The molecule has 0 spiro atoms. The monoisotopic (exact) mass is 434 g/mol. The van der Waals surface area contributed by atoms with Gasteiger partial charge in [0, 0.05) is 24.9 Å². The molecule has 2 aliphatic rings. The Hall–Kier alpha value is -3.39. The van der Waals surface area contributed by atoms with E-state index in [1.165, 1.54) is 0 Å². The fourth-order valence-electron chi connectivity index (χ4n) is 4.28. The maximum atomic E-state index is 12.3. The number of rotatable bonds is 4. The fraction of sp³-hybridized carbons (Fsp3) is 0.375. The number of phenolic OH excluding ortho intramolecular Hbond substituents is 1. The van der Waals surface area contributed by atoms with Crippen molar-refractivity contribution in [3.05, 3.63) is 48.0 Å². The number of nitrogens with one attached hydrogen (secondary N) is 1. The summed E-state index contributed by atoms with van der Waals surface area (Å²) in [7, 11) is 0. The number of para-hydroxylation sites is 1. The molecule has 0 unspecified atom stereocenters. The zero-order valence-electron chi connectivity index (χ0n) is 18.0. The van der Waals surface area contributed by atoms with Gasteiger partial charge in [-0.2, -0.15) is 0 Å². The van der Waals surface area contributed by atoms with Crippen LogP contribution in [-0.4, -0.2) is 59.6 Å². The Morgan fingerprint density at radius 2 is 2.09 bits per heavy atom. The van der Waals surface area contributed by atoms with Crippen LogP contribution in [-0.2, 0) is 9.47 Å². The first-order valence-electron chi connectivity index (χ1n) is 10.9. The molecule has 32 heavy (non-hydrogen) atoms. The lowest BCUT2D eigenvalue weighted by Gasteiger charge is -2.21. The summed E-state index contributed by atoms with van der Waals surface area (Å²) in [6.07, 6.45) is 0.971. The van der Waals surface area contributed by atoms with E-state index in [1.807, 2.05) is 37.3 Å². The maximum absolute atomic E-state index is 12.3. The SMILES string of the molecule is Cc1ccc2c(N3CC[C@H](NC(=O)O[C@H]4CCOC4)C3)nc(-c3ccccc3O)nc2c1. The van der Waals surface area contributed by atoms with Crippen LogP contribution in [0.1, 0.15) is 18.4 Å². The third-order valence-corrected chi connectivity index (χ3v) is 5.95. The molecule has 166 valence electrons. The number of phenols is 1. The minimum atomic E-state index is -0.398. The lowest BCUT2D eigenvalue weighted by molar-refractivity contribution is 0.0813. The number of carbonyl (C=O) groups is 1. The van der Waals surface area contributed by atoms with Crippen LogP contribution in [0.4, 0.5) is 10.6 Å². The number of carbonyl (C=O) groups excluding carboxylic acids is 1. The van der Waals surface area contributed by atoms with Crippen LogP contribution in [0, 0.1) is 6.92 Å². The molecule has 3 heterocycles. The first kappa shape index (κ1) is 20.5. The van der Waals surface area contributed by atoms with Gasteiger partial charge >= 0.3 is 6.09 Å². The molecule has 2 saturated heterocycles. The number of aromatic nitrogens is 2. The van der Waals surface area contributed by atoms with E-state index in [1.54, 1.807) is 12.1 Å². The van der Waals surface area contributed by atoms with Gasteiger partial charge in [-0.1, -0.05) is 18.2 Å². The smallest absolute Gasteiger partial charge is 0.407 e. The average molecular weight is 434 g/mol. The molecule has 5 rings (SSSR count). The van der Waals surface area contributed by atoms with Crippen molar-refractivity contribution in [1.82, 2.24) is 15.3 Å². The standard InChI is InChI=1S/C24H26N4O4/c1-15-6-7-18-20(12-15)26-22(19-4-2-3-5-21(19)29)27-23(18)28-10-8-16(13-28)25-24(30)32-17-9-11-31-14-17/h2-7,12,16-17,29H,8-11,13-14H2,1H3,(H,25,30)/t16-,17-/m0/s1. The van der Waals surface area contributed by atoms with Crippen molar-refractivity contribution in [3.8, 4) is 17.1 Å². The number of hydrogen-bond donors (Lipinski definition) is 2. The number of hydrogen-bond acceptors (Lipinski definition) is 7. The average Bonchev–Trinajstić information content (AvgIpc) is 3.45. The summed E-state index contributed by atoms with van der Waals surface area (Å²) in [5, 5.41) is 14.3. The number of benzene rings is 2. The van der Waals surface area contributed by atoms with E-state index in [2.05, 4.69) is 10.2 Å². The lowest BCUT2D eigenvalue weighted by Crippen LogP contribution is -2.39. The van der Waals surface area contributed by atoms with Gasteiger partial charge < -0.3 is 24.8 Å². The van der Waals surface area contributed by atoms with Crippen molar-refractivity contribution >= 4 is 22.8 Å². The van der Waals surface area contributed by atoms with E-state index >= 15 is 0 Å². The van der Waals surface area contributed by atoms with Gasteiger partial charge in [-0.15, -0.1) is 0 Å². The molecule has 0 saturated carbocycles. The molecular weight excluding hydrogens is 408 g/mol. The van der Waals surface area contributed by atoms with Crippen molar-refractivity contribution in [2.75, 3.05) is 31.2 Å². The molecule has 2 fully saturated rings. The van der Waals surface area contributed by atoms with Crippen LogP contribution >= 0.6 is 0 Å². The van der Waals surface area contributed by atoms with Crippen molar-refractivity contribution in [3.63, 3.8) is 0 Å². The van der Waals surface area contributed by atoms with Crippen molar-refractivity contribution < 1.29 is 19.4 Å². The van der Waals surface area contributed by atoms with Crippen LogP contribution in [0.25, 0.3) is 22.3 Å². The van der Waals surface area contributed by atoms with Crippen molar-refractivity contribution in [2.45, 2.75) is 31.9 Å². The van der Waals surface area contributed by atoms with E-state index in [9.17, 15) is 9.90 Å². The normalized spacial score (nSPS) is 20.6. The highest BCUT2D eigenvalue weighted by atomic mass is 16.6. The third kappa shape index (κ3) is 4.18. The molecule has 0 aliphatic carbocycles. The topological polar surface area (TPSA) is 96.8 Å². The van der Waals surface area contributed by atoms with Gasteiger partial charge in [-0.3, -0.25) is 0 Å². The number of alkyl carbamates (subject to hydrolysis) is 1. The van der Waals surface area contributed by atoms with E-state index in [-0.39, 0.29) is 17.9 Å². The second-order valence-electron chi connectivity index (χ2n) is 8.38. The predicted octanol–water partition coefficient (Wildman–Crippen LogP) is 3.40. The number of aromatic hydroxyl groups is 1. The molecule has 0 radical (unpaired) electrons. The molecule has 3 aromatic rings. The van der Waals surface area contributed by atoms with Gasteiger partial charge in [-0.05, 0) is 43.2 Å². The second-order valence-corrected chi connectivity index (χ2v) is 8.38. The molecule has 2 aliphatic heterocycles. The number of ether oxygens (including phenoxy) is 2. The number of anilines is 1. The highest BCUT2D eigenvalue weighted by molar-refractivity contribution is 5.92. The van der Waals surface area contributed by atoms with Crippen LogP contribution in [0.3, 0.4) is 0 Å². The Kier molecular flexibility index (Phi) is 5.53. The van der Waals surface area contributed by atoms with Crippen molar-refractivity contribution in [2.24, 2.45) is 0 Å². The molecular formula is C24H26N4O4. The zero-order valence-corrected chi connectivity index (χ0v) is 18.0. The molecule has 1 aromatic heterocycles. The second kappa shape index (κ2) is 8.63. The summed E-state index contributed by atoms with van der Waals surface area (Å²) < 4.78 is 10.7. The zero-order chi connectivity index (χ0) is 22.1. The molecule has 0 bridgehead atoms. The van der Waals surface area contributed by atoms with Crippen LogP contribution in [0.5, 0.6) is 5.75 Å². The summed E-state index contributed by atoms with van der Waals surface area (Å²) in [6.45, 7) is 4.49. The van der Waals surface area contributed by atoms with Gasteiger partial charge in [0.05, 0.1) is 30.3 Å². The summed E-state index contributed by atoms with van der Waals surface area (Å²) in [6, 6.07) is 13.1. The van der Waals surface area contributed by atoms with Gasteiger partial charge in [0.25, 0.3) is 0 Å². The summed E-state index contributed by atoms with van der Waals surface area (Å²) in [4.78, 5) is 24.0. The molecule has 8 heteroatoms. The Morgan fingerprint density at radius 1 is 1.22 bits per heavy atom. The third-order valence-electron chi connectivity index (χ3n) is 5.95. The van der Waals surface area contributed by atoms with Crippen LogP contribution < -0.4 is 10.2 Å². The van der Waals surface area contributed by atoms with Crippen molar-refractivity contribution in [1.29, 1.82) is 0 Å². The number of amides is 1. The van der Waals surface area contributed by atoms with Gasteiger partial charge in [0.15, 0.2) is 5.82 Å². The predicted molar refractivity (Wildman–Crippen MR) is 121 cm³/mol. The number of fused-ring (bicyclic) bond motifs is 1. The van der Waals surface area contributed by atoms with Gasteiger partial charge in [0.2, 0.25) is 0 Å². The Balaban J connectivity index is 1.40. The van der Waals surface area contributed by atoms with Crippen LogP contribution in [0.2, 0.25) is 0 Å². The summed E-state index contributed by atoms with van der Waals surface area (Å²) in [5.74, 6) is 1.42. The summed E-state index contributed by atoms with van der Waals surface area (Å²) in [5.41, 5.74) is 2.52. The molecule has 2 atom stereocenters. The van der Waals surface area contributed by atoms with E-state index in [4.69, 9.17) is 19.4 Å². The highest BCUT2D eigenvalue weighted by Crippen LogP contribution is 2.33. The van der Waals surface area contributed by atoms with Gasteiger partial charge in [0.1, 0.15) is 17.7 Å². The Morgan fingerprint density at radius 3 is 2.91 bits per heavy atom. The largest absolute Gasteiger partial charge is 0.507 e. The number of aryl methyl sites for hydroxylation is 1. The molecule has 2 aromatic carbocycles. The highest BCUT2D eigenvalue weighted by Gasteiger charge is 2.29. The van der Waals surface area contributed by atoms with Crippen LogP contribution in [0.15, 0.2) is 42.5 Å². The van der Waals surface area contributed by atoms with E-state index in [0.717, 1.165) is 41.7 Å². The Labute approximate surface area is 186 Å². The lowest BCUT2D eigenvalue weighted by atomic mass is 10.1. The first-order chi connectivity index (χ1) is 15.6. The first-order valence-corrected chi connectivity index (χ1v) is 10.9. The van der Waals surface area contributed by atoms with E-state index < -0.39 is 6.09 Å². The quantitative estimate of drug-likeness (QED) is 0.650. The summed E-state index contributed by atoms with van der Waals surface area (Å²) >= 11 is 0. The molecule has 1 amide bonds. The van der Waals surface area contributed by atoms with E-state index in [0.29, 0.717) is 31.1 Å². The van der Waals surface area contributed by atoms with Gasteiger partial charge in [-0.25, -0.2) is 14.8 Å². The minimum Gasteiger partial charge on any atom is -0.507 e. The number of nitrogens with zero attached hydrogens (tertiary/aromatic N) is 3. The fourth-order valence-corrected chi connectivity index (χ4v) is 4.28. The maximum Gasteiger partial charge on any atom is 0.407 e.